The number of rotatable bonds is 5. The van der Waals surface area contributed by atoms with Crippen LogP contribution in [-0.2, 0) is 6.54 Å². The van der Waals surface area contributed by atoms with Gasteiger partial charge in [0.25, 0.3) is 0 Å². The summed E-state index contributed by atoms with van der Waals surface area (Å²) in [5, 5.41) is 9.69. The Bertz CT molecular complexity index is 419. The van der Waals surface area contributed by atoms with Crippen molar-refractivity contribution in [1.29, 1.82) is 0 Å². The Kier molecular flexibility index (Phi) is 5.22. The van der Waals surface area contributed by atoms with Gasteiger partial charge in [0.05, 0.1) is 0 Å². The van der Waals surface area contributed by atoms with E-state index >= 15 is 0 Å². The normalized spacial score (nSPS) is 28.0. The van der Waals surface area contributed by atoms with E-state index in [0.29, 0.717) is 18.4 Å². The monoisotopic (exact) mass is 289 g/mol. The first-order valence-electron chi connectivity index (χ1n) is 8.29. The number of likely N-dealkylation sites (tertiary alicyclic amines) is 2. The number of hydrogen-bond donors (Lipinski definition) is 1. The molecule has 1 aromatic heterocycles. The molecule has 0 amide bonds. The van der Waals surface area contributed by atoms with Crippen molar-refractivity contribution in [1.82, 2.24) is 14.8 Å². The van der Waals surface area contributed by atoms with E-state index in [4.69, 9.17) is 0 Å². The minimum absolute atomic E-state index is 0.325. The number of pyridine rings is 1. The highest BCUT2D eigenvalue weighted by Gasteiger charge is 2.33. The average molecular weight is 289 g/mol. The van der Waals surface area contributed by atoms with E-state index in [9.17, 15) is 5.11 Å². The van der Waals surface area contributed by atoms with E-state index in [0.717, 1.165) is 26.2 Å². The van der Waals surface area contributed by atoms with Crippen LogP contribution in [0.25, 0.3) is 0 Å². The first-order valence-corrected chi connectivity index (χ1v) is 8.29. The molecule has 3 heterocycles. The molecule has 3 rings (SSSR count). The van der Waals surface area contributed by atoms with Gasteiger partial charge in [0.2, 0.25) is 0 Å². The second-order valence-corrected chi connectivity index (χ2v) is 6.61. The van der Waals surface area contributed by atoms with Gasteiger partial charge in [0, 0.05) is 45.2 Å². The van der Waals surface area contributed by atoms with Gasteiger partial charge in [0.15, 0.2) is 0 Å². The highest BCUT2D eigenvalue weighted by atomic mass is 16.3. The second-order valence-electron chi connectivity index (χ2n) is 6.61. The minimum Gasteiger partial charge on any atom is -0.396 e. The van der Waals surface area contributed by atoms with Crippen LogP contribution < -0.4 is 0 Å². The maximum atomic E-state index is 9.69. The molecular weight excluding hydrogens is 262 g/mol. The van der Waals surface area contributed by atoms with Crippen LogP contribution in [-0.4, -0.2) is 59.2 Å². The van der Waals surface area contributed by atoms with E-state index < -0.39 is 0 Å². The molecule has 0 aliphatic carbocycles. The Balaban J connectivity index is 1.55. The zero-order valence-electron chi connectivity index (χ0n) is 12.8. The topological polar surface area (TPSA) is 39.6 Å². The van der Waals surface area contributed by atoms with E-state index in [2.05, 4.69) is 26.9 Å². The van der Waals surface area contributed by atoms with E-state index in [1.54, 1.807) is 0 Å². The summed E-state index contributed by atoms with van der Waals surface area (Å²) >= 11 is 0. The lowest BCUT2D eigenvalue weighted by atomic mass is 9.95. The number of nitrogens with zero attached hydrogens (tertiary/aromatic N) is 3. The van der Waals surface area contributed by atoms with Crippen molar-refractivity contribution in [2.75, 3.05) is 39.3 Å². The molecule has 2 aliphatic heterocycles. The summed E-state index contributed by atoms with van der Waals surface area (Å²) in [6.45, 7) is 7.11. The smallest absolute Gasteiger partial charge is 0.0475 e. The van der Waals surface area contributed by atoms with Gasteiger partial charge in [-0.2, -0.15) is 0 Å². The van der Waals surface area contributed by atoms with Crippen LogP contribution in [0.3, 0.4) is 0 Å². The summed E-state index contributed by atoms with van der Waals surface area (Å²) in [4.78, 5) is 9.17. The molecule has 2 fully saturated rings. The number of aromatic nitrogens is 1. The van der Waals surface area contributed by atoms with Crippen molar-refractivity contribution in [3.63, 3.8) is 0 Å². The minimum atomic E-state index is 0.325. The Hall–Kier alpha value is -0.970. The number of aliphatic hydroxyl groups is 1. The summed E-state index contributed by atoms with van der Waals surface area (Å²) in [5.41, 5.74) is 1.32. The van der Waals surface area contributed by atoms with E-state index in [1.165, 1.54) is 37.9 Å². The molecule has 1 N–H and O–H groups in total. The van der Waals surface area contributed by atoms with Gasteiger partial charge in [-0.3, -0.25) is 9.88 Å². The largest absolute Gasteiger partial charge is 0.396 e. The molecule has 0 aromatic carbocycles. The molecule has 4 nitrogen and oxygen atoms in total. The quantitative estimate of drug-likeness (QED) is 0.894. The second kappa shape index (κ2) is 7.34. The standard InChI is InChI=1S/C17H27N3O/c21-14-17-13-20(10-15-4-6-18-7-5-15)12-16(17)11-19-8-2-1-3-9-19/h4-7,16-17,21H,1-3,8-14H2/t16-,17-/m0/s1. The summed E-state index contributed by atoms with van der Waals surface area (Å²) < 4.78 is 0. The van der Waals surface area contributed by atoms with Crippen molar-refractivity contribution in [2.24, 2.45) is 11.8 Å². The zero-order chi connectivity index (χ0) is 14.5. The van der Waals surface area contributed by atoms with E-state index in [1.807, 2.05) is 12.4 Å². The fraction of sp³-hybridized carbons (Fsp3) is 0.706. The molecule has 4 heteroatoms. The molecule has 0 saturated carbocycles. The molecule has 0 unspecified atom stereocenters. The van der Waals surface area contributed by atoms with Crippen LogP contribution in [0.1, 0.15) is 24.8 Å². The van der Waals surface area contributed by atoms with Crippen molar-refractivity contribution in [2.45, 2.75) is 25.8 Å². The van der Waals surface area contributed by atoms with Crippen LogP contribution in [0.5, 0.6) is 0 Å². The zero-order valence-corrected chi connectivity index (χ0v) is 12.8. The molecule has 0 spiro atoms. The Morgan fingerprint density at radius 2 is 1.71 bits per heavy atom. The maximum absolute atomic E-state index is 9.69. The average Bonchev–Trinajstić information content (AvgIpc) is 2.91. The first kappa shape index (κ1) is 14.9. The van der Waals surface area contributed by atoms with Gasteiger partial charge in [0.1, 0.15) is 0 Å². The third kappa shape index (κ3) is 4.02. The van der Waals surface area contributed by atoms with Gasteiger partial charge in [-0.05, 0) is 55.5 Å². The Labute approximate surface area is 127 Å². The summed E-state index contributed by atoms with van der Waals surface area (Å²) in [5.74, 6) is 1.06. The predicted molar refractivity (Wildman–Crippen MR) is 83.9 cm³/mol. The van der Waals surface area contributed by atoms with Crippen molar-refractivity contribution >= 4 is 0 Å². The van der Waals surface area contributed by atoms with Crippen LogP contribution in [0.2, 0.25) is 0 Å². The molecule has 2 aliphatic rings. The summed E-state index contributed by atoms with van der Waals surface area (Å²) in [6, 6.07) is 4.18. The lowest BCUT2D eigenvalue weighted by Gasteiger charge is -2.30. The first-order chi connectivity index (χ1) is 10.3. The van der Waals surface area contributed by atoms with Gasteiger partial charge < -0.3 is 10.0 Å². The molecule has 0 radical (unpaired) electrons. The van der Waals surface area contributed by atoms with Gasteiger partial charge in [-0.15, -0.1) is 0 Å². The van der Waals surface area contributed by atoms with Crippen molar-refractivity contribution < 1.29 is 5.11 Å². The Morgan fingerprint density at radius 1 is 1.00 bits per heavy atom. The number of piperidine rings is 1. The number of hydrogen-bond acceptors (Lipinski definition) is 4. The highest BCUT2D eigenvalue weighted by molar-refractivity contribution is 5.10. The lowest BCUT2D eigenvalue weighted by Crippen LogP contribution is -2.37. The third-order valence-corrected chi connectivity index (χ3v) is 4.98. The predicted octanol–water partition coefficient (Wildman–Crippen LogP) is 1.61. The Morgan fingerprint density at radius 3 is 2.43 bits per heavy atom. The fourth-order valence-electron chi connectivity index (χ4n) is 3.80. The molecule has 2 saturated heterocycles. The molecule has 1 aromatic rings. The summed E-state index contributed by atoms with van der Waals surface area (Å²) in [6.07, 6.45) is 7.80. The van der Waals surface area contributed by atoms with Crippen LogP contribution in [0.4, 0.5) is 0 Å². The van der Waals surface area contributed by atoms with Gasteiger partial charge in [-0.25, -0.2) is 0 Å². The lowest BCUT2D eigenvalue weighted by molar-refractivity contribution is 0.149. The molecule has 21 heavy (non-hydrogen) atoms. The van der Waals surface area contributed by atoms with Gasteiger partial charge in [-0.1, -0.05) is 6.42 Å². The van der Waals surface area contributed by atoms with E-state index in [-0.39, 0.29) is 0 Å². The molecule has 116 valence electrons. The number of aliphatic hydroxyl groups excluding tert-OH is 1. The maximum Gasteiger partial charge on any atom is 0.0475 e. The van der Waals surface area contributed by atoms with Crippen LogP contribution >= 0.6 is 0 Å². The van der Waals surface area contributed by atoms with Crippen molar-refractivity contribution in [3.8, 4) is 0 Å². The van der Waals surface area contributed by atoms with Crippen LogP contribution in [0, 0.1) is 11.8 Å². The van der Waals surface area contributed by atoms with Crippen molar-refractivity contribution in [3.05, 3.63) is 30.1 Å². The van der Waals surface area contributed by atoms with Crippen LogP contribution in [0.15, 0.2) is 24.5 Å². The molecule has 2 atom stereocenters. The molecule has 0 bridgehead atoms. The SMILES string of the molecule is OC[C@@H]1CN(Cc2ccncc2)C[C@@H]1CN1CCCCC1. The third-order valence-electron chi connectivity index (χ3n) is 4.98. The van der Waals surface area contributed by atoms with Gasteiger partial charge >= 0.3 is 0 Å². The summed E-state index contributed by atoms with van der Waals surface area (Å²) in [7, 11) is 0. The molecular formula is C17H27N3O. The fourth-order valence-corrected chi connectivity index (χ4v) is 3.80. The highest BCUT2D eigenvalue weighted by Crippen LogP contribution is 2.26.